The second-order valence-corrected chi connectivity index (χ2v) is 7.58. The average molecular weight is 451 g/mol. The second kappa shape index (κ2) is 9.16. The Bertz CT molecular complexity index is 1250. The van der Waals surface area contributed by atoms with Gasteiger partial charge < -0.3 is 19.7 Å². The maximum atomic E-state index is 10.9. The van der Waals surface area contributed by atoms with Gasteiger partial charge in [-0.15, -0.1) is 10.2 Å². The highest BCUT2D eigenvalue weighted by Crippen LogP contribution is 2.39. The molecular weight excluding hydrogens is 432 g/mol. The molecule has 4 aromatic rings. The summed E-state index contributed by atoms with van der Waals surface area (Å²) < 4.78 is 6.93. The number of anilines is 1. The van der Waals surface area contributed by atoms with Crippen LogP contribution in [0.5, 0.6) is 11.6 Å². The van der Waals surface area contributed by atoms with E-state index >= 15 is 0 Å². The van der Waals surface area contributed by atoms with E-state index in [4.69, 9.17) is 28.6 Å². The van der Waals surface area contributed by atoms with E-state index in [0.29, 0.717) is 17.3 Å². The van der Waals surface area contributed by atoms with Gasteiger partial charge in [-0.05, 0) is 60.2 Å². The number of thiocarbonyl (C=S) groups is 1. The van der Waals surface area contributed by atoms with Crippen molar-refractivity contribution >= 4 is 51.2 Å². The lowest BCUT2D eigenvalue weighted by Gasteiger charge is -2.07. The second-order valence-electron chi connectivity index (χ2n) is 6.76. The number of aromatic nitrogens is 1. The summed E-state index contributed by atoms with van der Waals surface area (Å²) in [5, 5.41) is 23.9. The van der Waals surface area contributed by atoms with Crippen molar-refractivity contribution in [2.75, 3.05) is 12.4 Å². The Hall–Kier alpha value is -3.42. The van der Waals surface area contributed by atoms with Crippen LogP contribution in [0, 0.1) is 0 Å². The molecule has 2 N–H and O–H groups in total. The van der Waals surface area contributed by atoms with Gasteiger partial charge >= 0.3 is 0 Å². The van der Waals surface area contributed by atoms with Gasteiger partial charge in [0.25, 0.3) is 0 Å². The van der Waals surface area contributed by atoms with Crippen LogP contribution < -0.4 is 10.1 Å². The predicted molar refractivity (Wildman–Crippen MR) is 128 cm³/mol. The number of fused-ring (bicyclic) bond motifs is 1. The lowest BCUT2D eigenvalue weighted by Crippen LogP contribution is -2.04. The molecule has 1 heterocycles. The molecule has 6 nitrogen and oxygen atoms in total. The fourth-order valence-electron chi connectivity index (χ4n) is 3.22. The lowest BCUT2D eigenvalue weighted by atomic mass is 10.2. The molecule has 0 unspecified atom stereocenters. The number of azo groups is 1. The molecule has 0 bridgehead atoms. The standard InChI is InChI=1S/C23H19ClN4O2S/c1-30-18-12-10-17(11-13-18)25-23(31)27-26-21-19-4-2-3-5-20(19)28(22(21)29)14-15-6-8-16(24)9-7-15/h2-13,29H,14H2,1H3,(H,25,31). The molecule has 3 aromatic carbocycles. The molecule has 0 radical (unpaired) electrons. The van der Waals surface area contributed by atoms with Crippen molar-refractivity contribution in [1.29, 1.82) is 0 Å². The summed E-state index contributed by atoms with van der Waals surface area (Å²) >= 11 is 11.3. The van der Waals surface area contributed by atoms with Crippen LogP contribution in [0.3, 0.4) is 0 Å². The third kappa shape index (κ3) is 4.68. The summed E-state index contributed by atoms with van der Waals surface area (Å²) in [7, 11) is 1.61. The molecule has 0 spiro atoms. The number of hydrogen-bond donors (Lipinski definition) is 2. The van der Waals surface area contributed by atoms with Crippen molar-refractivity contribution in [3.05, 3.63) is 83.4 Å². The van der Waals surface area contributed by atoms with Gasteiger partial charge in [0.15, 0.2) is 5.69 Å². The fraction of sp³-hybridized carbons (Fsp3) is 0.0870. The van der Waals surface area contributed by atoms with Gasteiger partial charge in [-0.2, -0.15) is 0 Å². The monoisotopic (exact) mass is 450 g/mol. The quantitative estimate of drug-likeness (QED) is 0.267. The minimum Gasteiger partial charge on any atom is -0.497 e. The van der Waals surface area contributed by atoms with Crippen LogP contribution in [0.4, 0.5) is 11.4 Å². The van der Waals surface area contributed by atoms with Gasteiger partial charge in [-0.25, -0.2) is 0 Å². The van der Waals surface area contributed by atoms with E-state index in [9.17, 15) is 5.11 Å². The number of methoxy groups -OCH3 is 1. The molecule has 156 valence electrons. The first-order valence-corrected chi connectivity index (χ1v) is 10.2. The molecule has 0 atom stereocenters. The van der Waals surface area contributed by atoms with E-state index in [1.807, 2.05) is 72.8 Å². The van der Waals surface area contributed by atoms with Crippen LogP contribution in [0.2, 0.25) is 5.02 Å². The summed E-state index contributed by atoms with van der Waals surface area (Å²) in [6, 6.07) is 22.4. The average Bonchev–Trinajstić information content (AvgIpc) is 3.05. The Morgan fingerprint density at radius 1 is 1.06 bits per heavy atom. The SMILES string of the molecule is COc1ccc(NC(=S)N=Nc2c(O)n(Cc3ccc(Cl)cc3)c3ccccc23)cc1. The van der Waals surface area contributed by atoms with Crippen molar-refractivity contribution in [3.63, 3.8) is 0 Å². The number of aromatic hydroxyl groups is 1. The summed E-state index contributed by atoms with van der Waals surface area (Å²) in [6.45, 7) is 0.466. The summed E-state index contributed by atoms with van der Waals surface area (Å²) in [5.74, 6) is 0.767. The van der Waals surface area contributed by atoms with E-state index in [2.05, 4.69) is 15.5 Å². The first-order valence-electron chi connectivity index (χ1n) is 9.46. The summed E-state index contributed by atoms with van der Waals surface area (Å²) in [5.41, 5.74) is 2.97. The zero-order valence-electron chi connectivity index (χ0n) is 16.6. The maximum Gasteiger partial charge on any atom is 0.221 e. The van der Waals surface area contributed by atoms with Crippen LogP contribution >= 0.6 is 23.8 Å². The lowest BCUT2D eigenvalue weighted by molar-refractivity contribution is 0.415. The van der Waals surface area contributed by atoms with Gasteiger partial charge in [-0.3, -0.25) is 0 Å². The Morgan fingerprint density at radius 3 is 2.48 bits per heavy atom. The zero-order chi connectivity index (χ0) is 21.8. The number of nitrogens with one attached hydrogen (secondary N) is 1. The van der Waals surface area contributed by atoms with Crippen LogP contribution in [-0.4, -0.2) is 21.9 Å². The Balaban J connectivity index is 1.60. The predicted octanol–water partition coefficient (Wildman–Crippen LogP) is 6.54. The Kier molecular flexibility index (Phi) is 6.16. The Morgan fingerprint density at radius 2 is 1.77 bits per heavy atom. The Labute approximate surface area is 189 Å². The number of nitrogens with zero attached hydrogens (tertiary/aromatic N) is 3. The van der Waals surface area contributed by atoms with Crippen LogP contribution in [0.1, 0.15) is 5.56 Å². The van der Waals surface area contributed by atoms with Crippen molar-refractivity contribution in [1.82, 2.24) is 4.57 Å². The number of halogens is 1. The molecule has 31 heavy (non-hydrogen) atoms. The first-order chi connectivity index (χ1) is 15.0. The molecule has 0 aliphatic carbocycles. The highest BCUT2D eigenvalue weighted by atomic mass is 35.5. The molecule has 0 amide bonds. The van der Waals surface area contributed by atoms with Crippen LogP contribution in [0.15, 0.2) is 83.0 Å². The number of ether oxygens (including phenoxy) is 1. The highest BCUT2D eigenvalue weighted by Gasteiger charge is 2.16. The molecule has 8 heteroatoms. The van der Waals surface area contributed by atoms with Gasteiger partial charge in [-0.1, -0.05) is 41.9 Å². The van der Waals surface area contributed by atoms with E-state index in [1.165, 1.54) is 0 Å². The molecular formula is C23H19ClN4O2S. The first kappa shape index (κ1) is 20.8. The van der Waals surface area contributed by atoms with Crippen molar-refractivity contribution in [2.45, 2.75) is 6.54 Å². The van der Waals surface area contributed by atoms with E-state index < -0.39 is 0 Å². The van der Waals surface area contributed by atoms with Crippen molar-refractivity contribution < 1.29 is 9.84 Å². The van der Waals surface area contributed by atoms with E-state index in [1.54, 1.807) is 11.7 Å². The van der Waals surface area contributed by atoms with E-state index in [-0.39, 0.29) is 11.0 Å². The number of benzene rings is 3. The number of para-hydroxylation sites is 1. The molecule has 0 fully saturated rings. The minimum atomic E-state index is 0.0205. The van der Waals surface area contributed by atoms with Gasteiger partial charge in [0.05, 0.1) is 19.2 Å². The zero-order valence-corrected chi connectivity index (χ0v) is 18.2. The van der Waals surface area contributed by atoms with Gasteiger partial charge in [0.2, 0.25) is 11.0 Å². The molecule has 0 saturated carbocycles. The van der Waals surface area contributed by atoms with Crippen LogP contribution in [-0.2, 0) is 6.54 Å². The fourth-order valence-corrected chi connectivity index (χ4v) is 3.51. The maximum absolute atomic E-state index is 10.9. The normalized spacial score (nSPS) is 11.2. The third-order valence-electron chi connectivity index (χ3n) is 4.75. The molecule has 0 saturated heterocycles. The van der Waals surface area contributed by atoms with Gasteiger partial charge in [0.1, 0.15) is 5.75 Å². The smallest absolute Gasteiger partial charge is 0.221 e. The minimum absolute atomic E-state index is 0.0205. The largest absolute Gasteiger partial charge is 0.497 e. The van der Waals surface area contributed by atoms with Crippen molar-refractivity contribution in [2.24, 2.45) is 10.2 Å². The molecule has 0 aliphatic rings. The number of rotatable bonds is 5. The summed E-state index contributed by atoms with van der Waals surface area (Å²) in [4.78, 5) is 0. The molecule has 0 aliphatic heterocycles. The molecule has 1 aromatic heterocycles. The number of hydrogen-bond acceptors (Lipinski definition) is 4. The third-order valence-corrected chi connectivity index (χ3v) is 5.19. The van der Waals surface area contributed by atoms with Crippen LogP contribution in [0.25, 0.3) is 10.9 Å². The summed E-state index contributed by atoms with van der Waals surface area (Å²) in [6.07, 6.45) is 0. The topological polar surface area (TPSA) is 71.1 Å². The van der Waals surface area contributed by atoms with Gasteiger partial charge in [0, 0.05) is 16.1 Å². The molecule has 4 rings (SSSR count). The van der Waals surface area contributed by atoms with E-state index in [0.717, 1.165) is 27.9 Å². The van der Waals surface area contributed by atoms with Crippen molar-refractivity contribution in [3.8, 4) is 11.6 Å². The highest BCUT2D eigenvalue weighted by molar-refractivity contribution is 7.80.